The standard InChI is InChI=1S/C17H17N3O3S/c1-22-11-12-4-2-5-13(10-12)18-15(21)7-8-16-19-17(20-23-16)14-6-3-9-24-14/h2-6,9-10H,7-8,11H2,1H3,(H,18,21). The van der Waals surface area contributed by atoms with Crippen molar-refractivity contribution >= 4 is 22.9 Å². The first kappa shape index (κ1) is 16.4. The molecule has 7 heteroatoms. The second kappa shape index (κ2) is 7.85. The Morgan fingerprint density at radius 2 is 2.25 bits per heavy atom. The van der Waals surface area contributed by atoms with Crippen LogP contribution in [0.15, 0.2) is 46.3 Å². The van der Waals surface area contributed by atoms with Crippen LogP contribution in [0.4, 0.5) is 5.69 Å². The molecule has 0 radical (unpaired) electrons. The first-order chi connectivity index (χ1) is 11.7. The van der Waals surface area contributed by atoms with Crippen molar-refractivity contribution in [3.05, 3.63) is 53.2 Å². The number of carbonyl (C=O) groups is 1. The van der Waals surface area contributed by atoms with Crippen LogP contribution in [0.3, 0.4) is 0 Å². The number of benzene rings is 1. The topological polar surface area (TPSA) is 77.2 Å². The van der Waals surface area contributed by atoms with Gasteiger partial charge in [-0.25, -0.2) is 0 Å². The van der Waals surface area contributed by atoms with Crippen LogP contribution in [0.5, 0.6) is 0 Å². The molecule has 1 amide bonds. The lowest BCUT2D eigenvalue weighted by Gasteiger charge is -2.06. The third kappa shape index (κ3) is 4.27. The van der Waals surface area contributed by atoms with Crippen LogP contribution >= 0.6 is 11.3 Å². The molecule has 1 N–H and O–H groups in total. The molecule has 2 aromatic heterocycles. The molecule has 124 valence electrons. The third-order valence-corrected chi connectivity index (χ3v) is 4.16. The van der Waals surface area contributed by atoms with Gasteiger partial charge in [-0.1, -0.05) is 23.4 Å². The second-order valence-electron chi connectivity index (χ2n) is 5.17. The van der Waals surface area contributed by atoms with E-state index in [4.69, 9.17) is 9.26 Å². The Labute approximate surface area is 143 Å². The number of rotatable bonds is 7. The molecule has 0 saturated heterocycles. The van der Waals surface area contributed by atoms with Crippen LogP contribution in [-0.4, -0.2) is 23.2 Å². The molecule has 2 heterocycles. The molecule has 0 saturated carbocycles. The number of thiophene rings is 1. The number of nitrogens with one attached hydrogen (secondary N) is 1. The maximum Gasteiger partial charge on any atom is 0.227 e. The summed E-state index contributed by atoms with van der Waals surface area (Å²) in [6, 6.07) is 11.4. The normalized spacial score (nSPS) is 10.7. The third-order valence-electron chi connectivity index (χ3n) is 3.30. The Morgan fingerprint density at radius 1 is 1.33 bits per heavy atom. The molecule has 6 nitrogen and oxygen atoms in total. The van der Waals surface area contributed by atoms with Gasteiger partial charge in [0.25, 0.3) is 0 Å². The molecule has 0 bridgehead atoms. The van der Waals surface area contributed by atoms with Crippen LogP contribution in [0.2, 0.25) is 0 Å². The smallest absolute Gasteiger partial charge is 0.227 e. The lowest BCUT2D eigenvalue weighted by atomic mass is 10.2. The van der Waals surface area contributed by atoms with E-state index in [1.807, 2.05) is 41.8 Å². The van der Waals surface area contributed by atoms with E-state index in [2.05, 4.69) is 15.5 Å². The van der Waals surface area contributed by atoms with Gasteiger partial charge >= 0.3 is 0 Å². The molecular weight excluding hydrogens is 326 g/mol. The number of carbonyl (C=O) groups excluding carboxylic acids is 1. The van der Waals surface area contributed by atoms with Crippen LogP contribution in [0.1, 0.15) is 17.9 Å². The van der Waals surface area contributed by atoms with Crippen LogP contribution < -0.4 is 5.32 Å². The largest absolute Gasteiger partial charge is 0.380 e. The lowest BCUT2D eigenvalue weighted by Crippen LogP contribution is -2.12. The molecule has 0 atom stereocenters. The summed E-state index contributed by atoms with van der Waals surface area (Å²) < 4.78 is 10.3. The van der Waals surface area contributed by atoms with Crippen molar-refractivity contribution in [2.45, 2.75) is 19.4 Å². The first-order valence-electron chi connectivity index (χ1n) is 7.49. The van der Waals surface area contributed by atoms with Crippen molar-refractivity contribution in [1.29, 1.82) is 0 Å². The highest BCUT2D eigenvalue weighted by Gasteiger charge is 2.11. The van der Waals surface area contributed by atoms with Crippen molar-refractivity contribution in [3.8, 4) is 10.7 Å². The summed E-state index contributed by atoms with van der Waals surface area (Å²) in [5.74, 6) is 0.926. The zero-order chi connectivity index (χ0) is 16.8. The number of methoxy groups -OCH3 is 1. The Bertz CT molecular complexity index is 799. The highest BCUT2D eigenvalue weighted by Crippen LogP contribution is 2.21. The maximum absolute atomic E-state index is 12.1. The minimum absolute atomic E-state index is 0.0968. The quantitative estimate of drug-likeness (QED) is 0.710. The summed E-state index contributed by atoms with van der Waals surface area (Å²) in [6.45, 7) is 0.511. The van der Waals surface area contributed by atoms with Crippen LogP contribution in [0, 0.1) is 0 Å². The van der Waals surface area contributed by atoms with E-state index in [1.165, 1.54) is 0 Å². The molecule has 0 aliphatic rings. The minimum atomic E-state index is -0.0968. The summed E-state index contributed by atoms with van der Waals surface area (Å²) in [5, 5.41) is 8.75. The number of hydrogen-bond acceptors (Lipinski definition) is 6. The van der Waals surface area contributed by atoms with Gasteiger partial charge in [-0.3, -0.25) is 4.79 Å². The van der Waals surface area contributed by atoms with E-state index in [1.54, 1.807) is 18.4 Å². The van der Waals surface area contributed by atoms with Crippen molar-refractivity contribution in [1.82, 2.24) is 10.1 Å². The SMILES string of the molecule is COCc1cccc(NC(=O)CCc2nc(-c3cccs3)no2)c1. The first-order valence-corrected chi connectivity index (χ1v) is 8.37. The number of hydrogen-bond donors (Lipinski definition) is 1. The number of aromatic nitrogens is 2. The fourth-order valence-electron chi connectivity index (χ4n) is 2.21. The van der Waals surface area contributed by atoms with Gasteiger partial charge in [-0.15, -0.1) is 11.3 Å². The van der Waals surface area contributed by atoms with E-state index in [0.29, 0.717) is 24.7 Å². The van der Waals surface area contributed by atoms with E-state index >= 15 is 0 Å². The highest BCUT2D eigenvalue weighted by molar-refractivity contribution is 7.13. The average Bonchev–Trinajstić information content (AvgIpc) is 3.25. The van der Waals surface area contributed by atoms with Crippen molar-refractivity contribution < 1.29 is 14.1 Å². The Kier molecular flexibility index (Phi) is 5.35. The number of aryl methyl sites for hydroxylation is 1. The second-order valence-corrected chi connectivity index (χ2v) is 6.12. The fourth-order valence-corrected chi connectivity index (χ4v) is 2.86. The number of ether oxygens (including phenoxy) is 1. The van der Waals surface area contributed by atoms with Gasteiger partial charge in [-0.2, -0.15) is 4.98 Å². The van der Waals surface area contributed by atoms with Crippen LogP contribution in [-0.2, 0) is 22.6 Å². The molecule has 0 fully saturated rings. The van der Waals surface area contributed by atoms with E-state index in [-0.39, 0.29) is 12.3 Å². The van der Waals surface area contributed by atoms with Gasteiger partial charge in [0, 0.05) is 25.6 Å². The number of anilines is 1. The zero-order valence-electron chi connectivity index (χ0n) is 13.2. The average molecular weight is 343 g/mol. The van der Waals surface area contributed by atoms with Gasteiger partial charge in [0.1, 0.15) is 0 Å². The fraction of sp³-hybridized carbons (Fsp3) is 0.235. The van der Waals surface area contributed by atoms with Crippen molar-refractivity contribution in [2.75, 3.05) is 12.4 Å². The zero-order valence-corrected chi connectivity index (χ0v) is 14.0. The molecule has 3 aromatic rings. The predicted molar refractivity (Wildman–Crippen MR) is 91.7 cm³/mol. The van der Waals surface area contributed by atoms with Gasteiger partial charge in [-0.05, 0) is 29.1 Å². The van der Waals surface area contributed by atoms with Crippen molar-refractivity contribution in [2.24, 2.45) is 0 Å². The molecular formula is C17H17N3O3S. The summed E-state index contributed by atoms with van der Waals surface area (Å²) in [6.07, 6.45) is 0.683. The molecule has 0 unspecified atom stereocenters. The maximum atomic E-state index is 12.1. The molecule has 0 spiro atoms. The predicted octanol–water partition coefficient (Wildman–Crippen LogP) is 3.52. The lowest BCUT2D eigenvalue weighted by molar-refractivity contribution is -0.116. The molecule has 1 aromatic carbocycles. The summed E-state index contributed by atoms with van der Waals surface area (Å²) in [7, 11) is 1.64. The van der Waals surface area contributed by atoms with Gasteiger partial charge in [0.05, 0.1) is 11.5 Å². The summed E-state index contributed by atoms with van der Waals surface area (Å²) in [5.41, 5.74) is 1.76. The van der Waals surface area contributed by atoms with E-state index < -0.39 is 0 Å². The number of nitrogens with zero attached hydrogens (tertiary/aromatic N) is 2. The highest BCUT2D eigenvalue weighted by atomic mass is 32.1. The Morgan fingerprint density at radius 3 is 3.04 bits per heavy atom. The molecule has 0 aliphatic heterocycles. The summed E-state index contributed by atoms with van der Waals surface area (Å²) in [4.78, 5) is 17.3. The Balaban J connectivity index is 1.53. The van der Waals surface area contributed by atoms with Gasteiger partial charge < -0.3 is 14.6 Å². The van der Waals surface area contributed by atoms with E-state index in [0.717, 1.165) is 16.1 Å². The molecule has 0 aliphatic carbocycles. The van der Waals surface area contributed by atoms with Crippen LogP contribution in [0.25, 0.3) is 10.7 Å². The Hall–Kier alpha value is -2.51. The minimum Gasteiger partial charge on any atom is -0.380 e. The van der Waals surface area contributed by atoms with Gasteiger partial charge in [0.15, 0.2) is 0 Å². The van der Waals surface area contributed by atoms with E-state index in [9.17, 15) is 4.79 Å². The monoisotopic (exact) mass is 343 g/mol. The van der Waals surface area contributed by atoms with Crippen molar-refractivity contribution in [3.63, 3.8) is 0 Å². The van der Waals surface area contributed by atoms with Gasteiger partial charge in [0.2, 0.25) is 17.6 Å². The number of amides is 1. The summed E-state index contributed by atoms with van der Waals surface area (Å²) >= 11 is 1.55. The molecule has 3 rings (SSSR count). The molecule has 24 heavy (non-hydrogen) atoms.